The van der Waals surface area contributed by atoms with E-state index >= 15 is 0 Å². The second-order valence-corrected chi connectivity index (χ2v) is 6.27. The van der Waals surface area contributed by atoms with Gasteiger partial charge in [-0.1, -0.05) is 26.0 Å². The lowest BCUT2D eigenvalue weighted by molar-refractivity contribution is -1.21. The molecule has 0 radical (unpaired) electrons. The first kappa shape index (κ1) is 22.1. The molecule has 0 bridgehead atoms. The van der Waals surface area contributed by atoms with Crippen LogP contribution in [0, 0.1) is 11.7 Å². The number of nitrogens with one attached hydrogen (secondary N) is 1. The van der Waals surface area contributed by atoms with Gasteiger partial charge in [-0.25, -0.2) is 19.2 Å². The molecule has 0 fully saturated rings. The number of nitrogens with zero attached hydrogens (tertiary/aromatic N) is 4. The highest BCUT2D eigenvalue weighted by atomic mass is 19.1. The maximum atomic E-state index is 13.3. The average molecular weight is 404 g/mol. The Labute approximate surface area is 167 Å². The number of rotatable bonds is 8. The standard InChI is InChI=1S/C19H22FN5O4/c1-4-12(3)17(13-6-8-15(20)9-7-13)23-16(5-2)25(28,29)24-19-21-10-14(11-22-19)18(26)27/h5-12,28-29H,4H2,1-3H3,(H-,21,22,24,26,27)/p+1/b16-5+,23-17+. The minimum Gasteiger partial charge on any atom is -0.478 e. The summed E-state index contributed by atoms with van der Waals surface area (Å²) in [4.78, 5) is 20.9. The highest BCUT2D eigenvalue weighted by Gasteiger charge is 2.32. The highest BCUT2D eigenvalue weighted by Crippen LogP contribution is 2.20. The molecule has 1 unspecified atom stereocenters. The highest BCUT2D eigenvalue weighted by molar-refractivity contribution is 6.02. The SMILES string of the molecule is C/C=C(\N=C(\c1ccc(F)cc1)C(C)CC)[N+](O)(O)Nc1ncc(C(=O)O)cn1. The van der Waals surface area contributed by atoms with Crippen molar-refractivity contribution in [2.75, 3.05) is 5.43 Å². The molecule has 1 aromatic heterocycles. The Hall–Kier alpha value is -3.21. The number of carboxylic acids is 1. The van der Waals surface area contributed by atoms with Crippen LogP contribution in [0.15, 0.2) is 53.5 Å². The van der Waals surface area contributed by atoms with E-state index in [2.05, 4.69) is 20.4 Å². The largest absolute Gasteiger partial charge is 0.478 e. The molecule has 0 spiro atoms. The van der Waals surface area contributed by atoms with Crippen LogP contribution in [-0.4, -0.2) is 42.1 Å². The Morgan fingerprint density at radius 2 is 1.83 bits per heavy atom. The first-order valence-corrected chi connectivity index (χ1v) is 8.87. The molecule has 4 N–H and O–H groups in total. The van der Waals surface area contributed by atoms with Crippen molar-refractivity contribution < 1.29 is 29.6 Å². The summed E-state index contributed by atoms with van der Waals surface area (Å²) in [6, 6.07) is 5.74. The van der Waals surface area contributed by atoms with Crippen LogP contribution < -0.4 is 5.43 Å². The fourth-order valence-corrected chi connectivity index (χ4v) is 2.40. The number of anilines is 1. The van der Waals surface area contributed by atoms with Gasteiger partial charge in [-0.15, -0.1) is 15.8 Å². The van der Waals surface area contributed by atoms with Crippen molar-refractivity contribution in [3.05, 3.63) is 65.5 Å². The third-order valence-electron chi connectivity index (χ3n) is 4.19. The second kappa shape index (κ2) is 9.32. The Morgan fingerprint density at radius 3 is 2.31 bits per heavy atom. The lowest BCUT2D eigenvalue weighted by atomic mass is 9.96. The molecule has 2 rings (SSSR count). The summed E-state index contributed by atoms with van der Waals surface area (Å²) in [5, 5.41) is 29.8. The van der Waals surface area contributed by atoms with Crippen LogP contribution in [0.5, 0.6) is 0 Å². The van der Waals surface area contributed by atoms with E-state index in [1.165, 1.54) is 18.2 Å². The molecular weight excluding hydrogens is 381 g/mol. The third-order valence-corrected chi connectivity index (χ3v) is 4.19. The number of aromatic carboxylic acids is 1. The molecule has 154 valence electrons. The van der Waals surface area contributed by atoms with Crippen molar-refractivity contribution in [3.63, 3.8) is 0 Å². The zero-order chi connectivity index (χ0) is 21.6. The Bertz CT molecular complexity index is 911. The van der Waals surface area contributed by atoms with Gasteiger partial charge >= 0.3 is 11.8 Å². The lowest BCUT2D eigenvalue weighted by Gasteiger charge is -2.21. The third kappa shape index (κ3) is 5.64. The number of hydrogen-bond donors (Lipinski definition) is 4. The van der Waals surface area contributed by atoms with Crippen LogP contribution in [0.2, 0.25) is 0 Å². The number of hydroxylamine groups is 2. The molecule has 0 saturated heterocycles. The Balaban J connectivity index is 2.36. The van der Waals surface area contributed by atoms with Crippen LogP contribution >= 0.6 is 0 Å². The molecule has 1 aromatic carbocycles. The van der Waals surface area contributed by atoms with E-state index in [1.807, 2.05) is 13.8 Å². The Morgan fingerprint density at radius 1 is 1.24 bits per heavy atom. The summed E-state index contributed by atoms with van der Waals surface area (Å²) < 4.78 is 13.3. The van der Waals surface area contributed by atoms with Gasteiger partial charge in [0.1, 0.15) is 10.7 Å². The molecule has 0 saturated carbocycles. The number of carbonyl (C=O) groups is 1. The van der Waals surface area contributed by atoms with Gasteiger partial charge < -0.3 is 5.11 Å². The molecule has 0 aliphatic carbocycles. The van der Waals surface area contributed by atoms with Gasteiger partial charge in [0.15, 0.2) is 0 Å². The fourth-order valence-electron chi connectivity index (χ4n) is 2.40. The Kier molecular flexibility index (Phi) is 7.10. The van der Waals surface area contributed by atoms with Crippen LogP contribution in [0.1, 0.15) is 43.1 Å². The first-order chi connectivity index (χ1) is 13.7. The summed E-state index contributed by atoms with van der Waals surface area (Å²) >= 11 is 0. The number of quaternary nitrogens is 1. The minimum absolute atomic E-state index is 0.0542. The average Bonchev–Trinajstić information content (AvgIpc) is 2.69. The monoisotopic (exact) mass is 404 g/mol. The minimum atomic E-state index is -1.87. The van der Waals surface area contributed by atoms with Crippen molar-refractivity contribution in [1.82, 2.24) is 9.97 Å². The second-order valence-electron chi connectivity index (χ2n) is 6.27. The smallest absolute Gasteiger partial charge is 0.338 e. The topological polar surface area (TPSA) is 128 Å². The number of benzene rings is 1. The number of hydrogen-bond acceptors (Lipinski definition) is 7. The molecule has 29 heavy (non-hydrogen) atoms. The maximum absolute atomic E-state index is 13.3. The lowest BCUT2D eigenvalue weighted by Crippen LogP contribution is -2.46. The van der Waals surface area contributed by atoms with Gasteiger partial charge in [0.25, 0.3) is 5.95 Å². The van der Waals surface area contributed by atoms with Gasteiger partial charge in [-0.05, 0) is 37.0 Å². The number of carboxylic acid groups (broad SMARTS) is 1. The summed E-state index contributed by atoms with van der Waals surface area (Å²) in [5.41, 5.74) is 3.29. The van der Waals surface area contributed by atoms with E-state index in [-0.39, 0.29) is 29.1 Å². The van der Waals surface area contributed by atoms with E-state index in [1.54, 1.807) is 19.1 Å². The van der Waals surface area contributed by atoms with Gasteiger partial charge in [-0.2, -0.15) is 4.99 Å². The zero-order valence-corrected chi connectivity index (χ0v) is 16.2. The maximum Gasteiger partial charge on any atom is 0.338 e. The van der Waals surface area contributed by atoms with Gasteiger partial charge in [0.2, 0.25) is 0 Å². The summed E-state index contributed by atoms with van der Waals surface area (Å²) in [6.45, 7) is 5.43. The van der Waals surface area contributed by atoms with E-state index in [4.69, 9.17) is 5.11 Å². The van der Waals surface area contributed by atoms with Gasteiger partial charge in [0.05, 0.1) is 11.3 Å². The number of allylic oxidation sites excluding steroid dienone is 1. The van der Waals surface area contributed by atoms with Crippen LogP contribution in [0.4, 0.5) is 10.3 Å². The number of halogens is 1. The zero-order valence-electron chi connectivity index (χ0n) is 16.2. The quantitative estimate of drug-likeness (QED) is 0.300. The predicted molar refractivity (Wildman–Crippen MR) is 103 cm³/mol. The molecule has 2 aromatic rings. The molecule has 1 atom stereocenters. The van der Waals surface area contributed by atoms with E-state index < -0.39 is 10.9 Å². The van der Waals surface area contributed by atoms with Crippen LogP contribution in [0.25, 0.3) is 0 Å². The molecule has 9 nitrogen and oxygen atoms in total. The van der Waals surface area contributed by atoms with Crippen molar-refractivity contribution in [1.29, 1.82) is 0 Å². The van der Waals surface area contributed by atoms with Gasteiger partial charge in [-0.3, -0.25) is 0 Å². The molecule has 10 heteroatoms. The summed E-state index contributed by atoms with van der Waals surface area (Å²) in [5.74, 6) is -2.05. The van der Waals surface area contributed by atoms with Crippen molar-refractivity contribution in [2.45, 2.75) is 27.2 Å². The van der Waals surface area contributed by atoms with Crippen LogP contribution in [-0.2, 0) is 0 Å². The molecule has 0 aliphatic heterocycles. The fraction of sp³-hybridized carbons (Fsp3) is 0.263. The molecule has 0 amide bonds. The summed E-state index contributed by atoms with van der Waals surface area (Å²) in [7, 11) is 0. The number of aromatic nitrogens is 2. The molecular formula is C19H23FN5O4+. The molecule has 0 aliphatic rings. The molecule has 1 heterocycles. The van der Waals surface area contributed by atoms with E-state index in [0.717, 1.165) is 18.8 Å². The van der Waals surface area contributed by atoms with Crippen molar-refractivity contribution >= 4 is 17.6 Å². The van der Waals surface area contributed by atoms with E-state index in [9.17, 15) is 19.6 Å². The van der Waals surface area contributed by atoms with E-state index in [0.29, 0.717) is 11.3 Å². The normalized spacial score (nSPS) is 13.9. The van der Waals surface area contributed by atoms with Gasteiger partial charge in [0, 0.05) is 18.5 Å². The van der Waals surface area contributed by atoms with Crippen molar-refractivity contribution in [2.24, 2.45) is 10.9 Å². The number of aliphatic imine (C=N–C) groups is 1. The predicted octanol–water partition coefficient (Wildman–Crippen LogP) is 3.63. The van der Waals surface area contributed by atoms with Crippen molar-refractivity contribution in [3.8, 4) is 0 Å². The summed E-state index contributed by atoms with van der Waals surface area (Å²) in [6.07, 6.45) is 4.15. The van der Waals surface area contributed by atoms with Crippen LogP contribution in [0.3, 0.4) is 0 Å². The first-order valence-electron chi connectivity index (χ1n) is 8.87.